The Kier molecular flexibility index (Phi) is 2.52. The molecule has 2 N–H and O–H groups in total. The van der Waals surface area contributed by atoms with Crippen molar-refractivity contribution in [1.29, 1.82) is 0 Å². The summed E-state index contributed by atoms with van der Waals surface area (Å²) in [4.78, 5) is 11.8. The van der Waals surface area contributed by atoms with E-state index in [4.69, 9.17) is 0 Å². The van der Waals surface area contributed by atoms with Gasteiger partial charge in [0, 0.05) is 5.56 Å². The first-order chi connectivity index (χ1) is 8.74. The van der Waals surface area contributed by atoms with Gasteiger partial charge >= 0.3 is 0 Å². The van der Waals surface area contributed by atoms with E-state index in [9.17, 15) is 9.90 Å². The molecule has 3 rings (SSSR count). The maximum atomic E-state index is 11.8. The van der Waals surface area contributed by atoms with Crippen LogP contribution in [0.1, 0.15) is 27.5 Å². The van der Waals surface area contributed by atoms with E-state index in [1.165, 1.54) is 5.56 Å². The average Bonchev–Trinajstić information content (AvgIpc) is 2.67. The van der Waals surface area contributed by atoms with E-state index >= 15 is 0 Å². The van der Waals surface area contributed by atoms with Crippen LogP contribution in [0, 0.1) is 0 Å². The predicted molar refractivity (Wildman–Crippen MR) is 68.5 cm³/mol. The van der Waals surface area contributed by atoms with Crippen LogP contribution in [-0.4, -0.2) is 11.0 Å². The number of aromatic hydroxyl groups is 1. The fraction of sp³-hybridized carbons (Fsp3) is 0.133. The lowest BCUT2D eigenvalue weighted by atomic mass is 9.98. The summed E-state index contributed by atoms with van der Waals surface area (Å²) < 4.78 is 0. The number of carbonyl (C=O) groups is 1. The molecule has 3 heteroatoms. The Balaban J connectivity index is 1.93. The molecule has 1 aliphatic heterocycles. The maximum Gasteiger partial charge on any atom is 0.252 e. The molecule has 0 aliphatic carbocycles. The lowest BCUT2D eigenvalue weighted by Crippen LogP contribution is -2.20. The van der Waals surface area contributed by atoms with E-state index in [1.54, 1.807) is 18.2 Å². The highest BCUT2D eigenvalue weighted by molar-refractivity contribution is 5.99. The smallest absolute Gasteiger partial charge is 0.252 e. The van der Waals surface area contributed by atoms with E-state index in [-0.39, 0.29) is 17.7 Å². The molecule has 1 aliphatic rings. The molecule has 0 aromatic heterocycles. The molecule has 0 fully saturated rings. The zero-order chi connectivity index (χ0) is 12.5. The number of phenols is 1. The maximum absolute atomic E-state index is 11.8. The number of carbonyl (C=O) groups excluding carboxylic acids is 1. The van der Waals surface area contributed by atoms with E-state index in [0.717, 1.165) is 12.0 Å². The summed E-state index contributed by atoms with van der Waals surface area (Å²) in [6, 6.07) is 14.8. The number of fused-ring (bicyclic) bond motifs is 1. The highest BCUT2D eigenvalue weighted by atomic mass is 16.3. The van der Waals surface area contributed by atoms with Gasteiger partial charge in [-0.15, -0.1) is 0 Å². The van der Waals surface area contributed by atoms with Crippen molar-refractivity contribution in [3.8, 4) is 5.75 Å². The Bertz CT molecular complexity index is 593. The fourth-order valence-corrected chi connectivity index (χ4v) is 2.37. The number of benzene rings is 2. The minimum absolute atomic E-state index is 0.0537. The molecule has 1 heterocycles. The van der Waals surface area contributed by atoms with E-state index in [1.807, 2.05) is 30.3 Å². The minimum atomic E-state index is -0.0640. The number of hydrogen-bond donors (Lipinski definition) is 2. The summed E-state index contributed by atoms with van der Waals surface area (Å²) in [5, 5.41) is 12.5. The van der Waals surface area contributed by atoms with Crippen LogP contribution in [0.25, 0.3) is 0 Å². The van der Waals surface area contributed by atoms with Gasteiger partial charge in [-0.05, 0) is 35.7 Å². The van der Waals surface area contributed by atoms with Crippen LogP contribution in [-0.2, 0) is 6.42 Å². The second-order valence-corrected chi connectivity index (χ2v) is 4.49. The lowest BCUT2D eigenvalue weighted by molar-refractivity contribution is 0.0956. The highest BCUT2D eigenvalue weighted by Gasteiger charge is 2.28. The summed E-state index contributed by atoms with van der Waals surface area (Å²) in [7, 11) is 0. The number of amides is 1. The van der Waals surface area contributed by atoms with Crippen molar-refractivity contribution in [2.75, 3.05) is 0 Å². The zero-order valence-electron chi connectivity index (χ0n) is 9.76. The van der Waals surface area contributed by atoms with Crippen LogP contribution < -0.4 is 5.32 Å². The van der Waals surface area contributed by atoms with Crippen LogP contribution in [0.4, 0.5) is 0 Å². The molecular formula is C15H13NO2. The first-order valence-electron chi connectivity index (χ1n) is 5.92. The van der Waals surface area contributed by atoms with Gasteiger partial charge in [-0.3, -0.25) is 4.79 Å². The normalized spacial score (nSPS) is 17.3. The third-order valence-electron chi connectivity index (χ3n) is 3.24. The molecule has 3 nitrogen and oxygen atoms in total. The minimum Gasteiger partial charge on any atom is -0.508 e. The Morgan fingerprint density at radius 1 is 1.11 bits per heavy atom. The summed E-state index contributed by atoms with van der Waals surface area (Å²) in [5.41, 5.74) is 2.71. The molecule has 90 valence electrons. The van der Waals surface area contributed by atoms with Gasteiger partial charge in [0.15, 0.2) is 0 Å². The summed E-state index contributed by atoms with van der Waals surface area (Å²) in [6.45, 7) is 0. The number of rotatable bonds is 2. The highest BCUT2D eigenvalue weighted by Crippen LogP contribution is 2.30. The van der Waals surface area contributed by atoms with E-state index in [0.29, 0.717) is 5.56 Å². The summed E-state index contributed by atoms with van der Waals surface area (Å²) in [5.74, 6) is 0.134. The molecule has 18 heavy (non-hydrogen) atoms. The Hall–Kier alpha value is -2.29. The van der Waals surface area contributed by atoms with E-state index in [2.05, 4.69) is 5.32 Å². The van der Waals surface area contributed by atoms with Crippen LogP contribution >= 0.6 is 0 Å². The lowest BCUT2D eigenvalue weighted by Gasteiger charge is -2.11. The SMILES string of the molecule is O=C1N[C@@H](Cc2ccccc2)c2cc(O)ccc21. The van der Waals surface area contributed by atoms with Gasteiger partial charge in [0.2, 0.25) is 0 Å². The molecule has 1 amide bonds. The van der Waals surface area contributed by atoms with Crippen LogP contribution in [0.15, 0.2) is 48.5 Å². The molecule has 0 saturated heterocycles. The molecule has 2 aromatic carbocycles. The van der Waals surface area contributed by atoms with Gasteiger partial charge < -0.3 is 10.4 Å². The standard InChI is InChI=1S/C15H13NO2/c17-11-6-7-12-13(9-11)14(16-15(12)18)8-10-4-2-1-3-5-10/h1-7,9,14,17H,8H2,(H,16,18)/t14-/m0/s1. The van der Waals surface area contributed by atoms with Gasteiger partial charge in [-0.25, -0.2) is 0 Å². The molecule has 0 spiro atoms. The van der Waals surface area contributed by atoms with Gasteiger partial charge in [-0.2, -0.15) is 0 Å². The van der Waals surface area contributed by atoms with Crippen molar-refractivity contribution in [3.05, 3.63) is 65.2 Å². The average molecular weight is 239 g/mol. The third-order valence-corrected chi connectivity index (χ3v) is 3.24. The Labute approximate surface area is 105 Å². The van der Waals surface area contributed by atoms with Gasteiger partial charge in [0.25, 0.3) is 5.91 Å². The van der Waals surface area contributed by atoms with Crippen molar-refractivity contribution in [2.45, 2.75) is 12.5 Å². The third kappa shape index (κ3) is 1.84. The molecule has 0 bridgehead atoms. The Morgan fingerprint density at radius 2 is 1.89 bits per heavy atom. The second-order valence-electron chi connectivity index (χ2n) is 4.49. The van der Waals surface area contributed by atoms with Crippen molar-refractivity contribution in [1.82, 2.24) is 5.32 Å². The first kappa shape index (κ1) is 10.8. The molecule has 0 unspecified atom stereocenters. The van der Waals surface area contributed by atoms with Crippen LogP contribution in [0.3, 0.4) is 0 Å². The van der Waals surface area contributed by atoms with Crippen LogP contribution in [0.2, 0.25) is 0 Å². The summed E-state index contributed by atoms with van der Waals surface area (Å²) in [6.07, 6.45) is 0.739. The molecular weight excluding hydrogens is 226 g/mol. The fourth-order valence-electron chi connectivity index (χ4n) is 2.37. The quantitative estimate of drug-likeness (QED) is 0.845. The van der Waals surface area contributed by atoms with Crippen molar-refractivity contribution in [3.63, 3.8) is 0 Å². The largest absolute Gasteiger partial charge is 0.508 e. The van der Waals surface area contributed by atoms with Gasteiger partial charge in [0.1, 0.15) is 5.75 Å². The predicted octanol–water partition coefficient (Wildman–Crippen LogP) is 2.42. The van der Waals surface area contributed by atoms with Gasteiger partial charge in [0.05, 0.1) is 6.04 Å². The number of hydrogen-bond acceptors (Lipinski definition) is 2. The number of nitrogens with one attached hydrogen (secondary N) is 1. The molecule has 0 saturated carbocycles. The molecule has 0 radical (unpaired) electrons. The van der Waals surface area contributed by atoms with E-state index < -0.39 is 0 Å². The molecule has 1 atom stereocenters. The Morgan fingerprint density at radius 3 is 2.67 bits per heavy atom. The van der Waals surface area contributed by atoms with Crippen molar-refractivity contribution in [2.24, 2.45) is 0 Å². The summed E-state index contributed by atoms with van der Waals surface area (Å²) >= 11 is 0. The molecule has 2 aromatic rings. The monoisotopic (exact) mass is 239 g/mol. The first-order valence-corrected chi connectivity index (χ1v) is 5.92. The van der Waals surface area contributed by atoms with Crippen molar-refractivity contribution >= 4 is 5.91 Å². The van der Waals surface area contributed by atoms with Crippen molar-refractivity contribution < 1.29 is 9.90 Å². The topological polar surface area (TPSA) is 49.3 Å². The van der Waals surface area contributed by atoms with Crippen LogP contribution in [0.5, 0.6) is 5.75 Å². The zero-order valence-corrected chi connectivity index (χ0v) is 9.76. The van der Waals surface area contributed by atoms with Gasteiger partial charge in [-0.1, -0.05) is 30.3 Å². The second kappa shape index (κ2) is 4.18. The number of phenolic OH excluding ortho intramolecular Hbond substituents is 1.